The first kappa shape index (κ1) is 24.2. The Bertz CT molecular complexity index is 974. The Labute approximate surface area is 198 Å². The van der Waals surface area contributed by atoms with Crippen molar-refractivity contribution < 1.29 is 19.1 Å². The molecule has 5 nitrogen and oxygen atoms in total. The first-order valence-electron chi connectivity index (χ1n) is 10.9. The van der Waals surface area contributed by atoms with E-state index < -0.39 is 0 Å². The summed E-state index contributed by atoms with van der Waals surface area (Å²) in [4.78, 5) is 26.8. The second-order valence-electron chi connectivity index (χ2n) is 7.52. The van der Waals surface area contributed by atoms with Gasteiger partial charge in [0.25, 0.3) is 11.1 Å². The fourth-order valence-electron chi connectivity index (χ4n) is 3.39. The Hall–Kier alpha value is -2.44. The second kappa shape index (κ2) is 12.0. The second-order valence-corrected chi connectivity index (χ2v) is 8.95. The molecular weight excluding hydrogens is 446 g/mol. The number of rotatable bonds is 11. The topological polar surface area (TPSA) is 55.8 Å². The van der Waals surface area contributed by atoms with Gasteiger partial charge in [0.1, 0.15) is 0 Å². The summed E-state index contributed by atoms with van der Waals surface area (Å²) < 4.78 is 11.4. The molecule has 0 spiro atoms. The van der Waals surface area contributed by atoms with Crippen LogP contribution in [0.4, 0.5) is 10.5 Å². The predicted molar refractivity (Wildman–Crippen MR) is 132 cm³/mol. The van der Waals surface area contributed by atoms with Gasteiger partial charge in [0.05, 0.1) is 24.3 Å². The third kappa shape index (κ3) is 6.30. The third-order valence-corrected chi connectivity index (χ3v) is 6.24. The zero-order valence-corrected chi connectivity index (χ0v) is 20.0. The van der Waals surface area contributed by atoms with Crippen LogP contribution in [0.25, 0.3) is 6.08 Å². The maximum absolute atomic E-state index is 12.8. The standard InChI is InChI=1S/C25H28ClNO4S/c1-3-4-5-6-7-8-15-31-21-14-9-18(16-22(21)30-2)17-23-24(28)27(25(29)32-23)20-12-10-19(26)11-13-20/h9-14,16-17H,3-8,15H2,1-2H3/b23-17-. The normalized spacial score (nSPS) is 15.0. The monoisotopic (exact) mass is 473 g/mol. The highest BCUT2D eigenvalue weighted by atomic mass is 35.5. The van der Waals surface area contributed by atoms with E-state index in [0.717, 1.165) is 35.1 Å². The summed E-state index contributed by atoms with van der Waals surface area (Å²) in [5, 5.41) is 0.205. The molecule has 0 aliphatic carbocycles. The highest BCUT2D eigenvalue weighted by molar-refractivity contribution is 8.19. The summed E-state index contributed by atoms with van der Waals surface area (Å²) in [5.74, 6) is 0.916. The molecule has 0 unspecified atom stereocenters. The van der Waals surface area contributed by atoms with Crippen LogP contribution in [0.5, 0.6) is 11.5 Å². The Morgan fingerprint density at radius 3 is 2.41 bits per heavy atom. The Morgan fingerprint density at radius 1 is 0.969 bits per heavy atom. The minimum Gasteiger partial charge on any atom is -0.493 e. The van der Waals surface area contributed by atoms with Crippen LogP contribution in [-0.2, 0) is 4.79 Å². The van der Waals surface area contributed by atoms with Crippen molar-refractivity contribution in [3.8, 4) is 11.5 Å². The summed E-state index contributed by atoms with van der Waals surface area (Å²) in [6.07, 6.45) is 8.90. The fraction of sp³-hybridized carbons (Fsp3) is 0.360. The van der Waals surface area contributed by atoms with E-state index >= 15 is 0 Å². The molecule has 7 heteroatoms. The van der Waals surface area contributed by atoms with Crippen LogP contribution in [-0.4, -0.2) is 24.9 Å². The van der Waals surface area contributed by atoms with Gasteiger partial charge in [-0.25, -0.2) is 4.90 Å². The molecule has 0 N–H and O–H groups in total. The van der Waals surface area contributed by atoms with Crippen LogP contribution < -0.4 is 14.4 Å². The molecule has 0 radical (unpaired) electrons. The first-order chi connectivity index (χ1) is 15.5. The van der Waals surface area contributed by atoms with Crippen LogP contribution in [0.3, 0.4) is 0 Å². The average Bonchev–Trinajstić information content (AvgIpc) is 3.07. The summed E-state index contributed by atoms with van der Waals surface area (Å²) in [7, 11) is 1.59. The van der Waals surface area contributed by atoms with Gasteiger partial charge in [-0.3, -0.25) is 9.59 Å². The maximum Gasteiger partial charge on any atom is 0.298 e. The van der Waals surface area contributed by atoms with Crippen molar-refractivity contribution in [2.75, 3.05) is 18.6 Å². The van der Waals surface area contributed by atoms with Gasteiger partial charge in [-0.05, 0) is 66.2 Å². The number of ether oxygens (including phenoxy) is 2. The third-order valence-electron chi connectivity index (χ3n) is 5.12. The van der Waals surface area contributed by atoms with Crippen molar-refractivity contribution in [1.82, 2.24) is 0 Å². The number of imide groups is 1. The van der Waals surface area contributed by atoms with Gasteiger partial charge in [-0.1, -0.05) is 56.7 Å². The maximum atomic E-state index is 12.8. The molecule has 170 valence electrons. The quantitative estimate of drug-likeness (QED) is 0.252. The molecule has 2 aromatic carbocycles. The zero-order chi connectivity index (χ0) is 22.9. The van der Waals surface area contributed by atoms with E-state index in [9.17, 15) is 9.59 Å². The number of hydrogen-bond donors (Lipinski definition) is 0. The van der Waals surface area contributed by atoms with E-state index in [-0.39, 0.29) is 11.1 Å². The van der Waals surface area contributed by atoms with Gasteiger partial charge in [0, 0.05) is 5.02 Å². The highest BCUT2D eigenvalue weighted by Crippen LogP contribution is 2.37. The van der Waals surface area contributed by atoms with E-state index in [1.165, 1.54) is 25.7 Å². The van der Waals surface area contributed by atoms with Gasteiger partial charge in [-0.2, -0.15) is 0 Å². The SMILES string of the molecule is CCCCCCCCOc1ccc(/C=C2\SC(=O)N(c3ccc(Cl)cc3)C2=O)cc1OC. The summed E-state index contributed by atoms with van der Waals surface area (Å²) in [6.45, 7) is 2.85. The number of anilines is 1. The highest BCUT2D eigenvalue weighted by Gasteiger charge is 2.36. The summed E-state index contributed by atoms with van der Waals surface area (Å²) in [5.41, 5.74) is 1.26. The lowest BCUT2D eigenvalue weighted by Crippen LogP contribution is -2.27. The number of nitrogens with zero attached hydrogens (tertiary/aromatic N) is 1. The van der Waals surface area contributed by atoms with Crippen molar-refractivity contribution in [3.63, 3.8) is 0 Å². The lowest BCUT2D eigenvalue weighted by atomic mass is 10.1. The Balaban J connectivity index is 1.64. The molecule has 0 aromatic heterocycles. The number of benzene rings is 2. The summed E-state index contributed by atoms with van der Waals surface area (Å²) in [6, 6.07) is 12.1. The zero-order valence-electron chi connectivity index (χ0n) is 18.4. The smallest absolute Gasteiger partial charge is 0.298 e. The molecule has 2 amide bonds. The number of halogens is 1. The average molecular weight is 474 g/mol. The molecule has 32 heavy (non-hydrogen) atoms. The van der Waals surface area contributed by atoms with Crippen molar-refractivity contribution in [2.45, 2.75) is 45.4 Å². The number of methoxy groups -OCH3 is 1. The molecule has 1 saturated heterocycles. The van der Waals surface area contributed by atoms with Crippen LogP contribution >= 0.6 is 23.4 Å². The number of thioether (sulfide) groups is 1. The van der Waals surface area contributed by atoms with Gasteiger partial charge < -0.3 is 9.47 Å². The fourth-order valence-corrected chi connectivity index (χ4v) is 4.36. The molecule has 1 fully saturated rings. The van der Waals surface area contributed by atoms with Gasteiger partial charge in [0.2, 0.25) is 0 Å². The van der Waals surface area contributed by atoms with E-state index in [1.54, 1.807) is 37.5 Å². The van der Waals surface area contributed by atoms with Crippen LogP contribution in [0.2, 0.25) is 5.02 Å². The van der Waals surface area contributed by atoms with Crippen LogP contribution in [0.1, 0.15) is 51.0 Å². The molecular formula is C25H28ClNO4S. The van der Waals surface area contributed by atoms with Crippen LogP contribution in [0.15, 0.2) is 47.4 Å². The van der Waals surface area contributed by atoms with Gasteiger partial charge >= 0.3 is 0 Å². The molecule has 2 aromatic rings. The van der Waals surface area contributed by atoms with Crippen molar-refractivity contribution in [3.05, 3.63) is 58.0 Å². The lowest BCUT2D eigenvalue weighted by Gasteiger charge is -2.12. The largest absolute Gasteiger partial charge is 0.493 e. The molecule has 0 atom stereocenters. The van der Waals surface area contributed by atoms with Gasteiger partial charge in [0.15, 0.2) is 11.5 Å². The van der Waals surface area contributed by atoms with Crippen molar-refractivity contribution in [1.29, 1.82) is 0 Å². The summed E-state index contributed by atoms with van der Waals surface area (Å²) >= 11 is 6.82. The molecule has 0 bridgehead atoms. The van der Waals surface area contributed by atoms with E-state index in [4.69, 9.17) is 21.1 Å². The van der Waals surface area contributed by atoms with Gasteiger partial charge in [-0.15, -0.1) is 0 Å². The minimum absolute atomic E-state index is 0.338. The molecule has 1 aliphatic rings. The van der Waals surface area contributed by atoms with E-state index in [1.807, 2.05) is 18.2 Å². The first-order valence-corrected chi connectivity index (χ1v) is 12.1. The van der Waals surface area contributed by atoms with Crippen molar-refractivity contribution in [2.24, 2.45) is 0 Å². The molecule has 1 heterocycles. The lowest BCUT2D eigenvalue weighted by molar-refractivity contribution is -0.113. The molecule has 1 aliphatic heterocycles. The van der Waals surface area contributed by atoms with E-state index in [0.29, 0.717) is 33.7 Å². The molecule has 0 saturated carbocycles. The molecule has 3 rings (SSSR count). The number of carbonyl (C=O) groups excluding carboxylic acids is 2. The predicted octanol–water partition coefficient (Wildman–Crippen LogP) is 7.33. The number of carbonyl (C=O) groups is 2. The number of amides is 2. The number of unbranched alkanes of at least 4 members (excludes halogenated alkanes) is 5. The van der Waals surface area contributed by atoms with E-state index in [2.05, 4.69) is 6.92 Å². The van der Waals surface area contributed by atoms with Crippen molar-refractivity contribution >= 4 is 46.3 Å². The minimum atomic E-state index is -0.357. The van der Waals surface area contributed by atoms with Crippen LogP contribution in [0, 0.1) is 0 Å². The Kier molecular flexibility index (Phi) is 9.06. The number of hydrogen-bond acceptors (Lipinski definition) is 5. The Morgan fingerprint density at radius 2 is 1.69 bits per heavy atom.